The van der Waals surface area contributed by atoms with Gasteiger partial charge in [-0.15, -0.1) is 11.3 Å². The van der Waals surface area contributed by atoms with Crippen molar-refractivity contribution in [1.82, 2.24) is 0 Å². The monoisotopic (exact) mass is 722 g/mol. The molecule has 6 nitrogen and oxygen atoms in total. The summed E-state index contributed by atoms with van der Waals surface area (Å²) in [6.45, 7) is 17.6. The van der Waals surface area contributed by atoms with Gasteiger partial charge in [-0.05, 0) is 85.5 Å². The highest BCUT2D eigenvalue weighted by atomic mass is 32.1. The zero-order valence-corrected chi connectivity index (χ0v) is 32.3. The smallest absolute Gasteiger partial charge is 0.422 e. The largest absolute Gasteiger partial charge is 0.543 e. The van der Waals surface area contributed by atoms with Gasteiger partial charge in [-0.3, -0.25) is 0 Å². The van der Waals surface area contributed by atoms with Crippen LogP contribution in [0.15, 0.2) is 58.9 Å². The van der Waals surface area contributed by atoms with E-state index >= 15 is 0 Å². The SMILES string of the molecule is CCCCN(CCCC)c1ccc(/C=C/c2ccc(/C=C/C(CC)=C(\C#N)C(OCC(F)(F)F)=C(C#N)C#N)s2)c(O[Si](C)(C)C(C)(C)C)c1. The van der Waals surface area contributed by atoms with Crippen LogP contribution in [0.25, 0.3) is 18.2 Å². The molecule has 0 N–H and O–H groups in total. The molecule has 0 saturated heterocycles. The third kappa shape index (κ3) is 12.6. The van der Waals surface area contributed by atoms with Gasteiger partial charge in [0.05, 0.1) is 5.57 Å². The van der Waals surface area contributed by atoms with Crippen molar-refractivity contribution in [1.29, 1.82) is 15.8 Å². The molecule has 0 bridgehead atoms. The van der Waals surface area contributed by atoms with Crippen molar-refractivity contribution in [2.45, 2.75) is 98.0 Å². The Labute approximate surface area is 301 Å². The summed E-state index contributed by atoms with van der Waals surface area (Å²) in [7, 11) is -2.15. The summed E-state index contributed by atoms with van der Waals surface area (Å²) >= 11 is 1.49. The van der Waals surface area contributed by atoms with Crippen molar-refractivity contribution in [3.8, 4) is 24.0 Å². The second kappa shape index (κ2) is 19.2. The number of thiophene rings is 1. The molecule has 0 aliphatic heterocycles. The van der Waals surface area contributed by atoms with Crippen molar-refractivity contribution >= 4 is 43.6 Å². The third-order valence-electron chi connectivity index (χ3n) is 8.49. The number of hydrogen-bond donors (Lipinski definition) is 0. The van der Waals surface area contributed by atoms with E-state index in [2.05, 4.69) is 76.9 Å². The van der Waals surface area contributed by atoms with E-state index in [1.54, 1.807) is 19.1 Å². The second-order valence-corrected chi connectivity index (χ2v) is 19.3. The van der Waals surface area contributed by atoms with E-state index in [1.165, 1.54) is 23.5 Å². The first-order chi connectivity index (χ1) is 23.5. The van der Waals surface area contributed by atoms with Crippen LogP contribution in [0.3, 0.4) is 0 Å². The first-order valence-corrected chi connectivity index (χ1v) is 20.7. The van der Waals surface area contributed by atoms with Gasteiger partial charge in [0.1, 0.15) is 24.0 Å². The number of halogens is 3. The predicted octanol–water partition coefficient (Wildman–Crippen LogP) is 11.8. The molecule has 0 fully saturated rings. The molecule has 0 amide bonds. The third-order valence-corrected chi connectivity index (χ3v) is 13.9. The molecule has 50 heavy (non-hydrogen) atoms. The average Bonchev–Trinajstić information content (AvgIpc) is 3.51. The van der Waals surface area contributed by atoms with Crippen molar-refractivity contribution in [2.24, 2.45) is 0 Å². The van der Waals surface area contributed by atoms with Gasteiger partial charge in [0.2, 0.25) is 0 Å². The first-order valence-electron chi connectivity index (χ1n) is 17.0. The summed E-state index contributed by atoms with van der Waals surface area (Å²) in [6.07, 6.45) is 7.47. The molecule has 2 rings (SSSR count). The van der Waals surface area contributed by atoms with E-state index < -0.39 is 32.4 Å². The van der Waals surface area contributed by atoms with Gasteiger partial charge in [0.25, 0.3) is 8.32 Å². The zero-order chi connectivity index (χ0) is 37.5. The number of benzene rings is 1. The van der Waals surface area contributed by atoms with Crippen LogP contribution in [0, 0.1) is 34.0 Å². The van der Waals surface area contributed by atoms with Crippen LogP contribution in [-0.2, 0) is 4.74 Å². The van der Waals surface area contributed by atoms with E-state index in [0.29, 0.717) is 5.57 Å². The Bertz CT molecular complexity index is 1670. The Morgan fingerprint density at radius 3 is 1.98 bits per heavy atom. The van der Waals surface area contributed by atoms with Crippen molar-refractivity contribution in [3.05, 3.63) is 74.2 Å². The second-order valence-electron chi connectivity index (χ2n) is 13.4. The lowest BCUT2D eigenvalue weighted by Crippen LogP contribution is -2.44. The molecule has 268 valence electrons. The molecule has 11 heteroatoms. The summed E-state index contributed by atoms with van der Waals surface area (Å²) in [6, 6.07) is 15.3. The summed E-state index contributed by atoms with van der Waals surface area (Å²) in [5.74, 6) is 0.194. The number of hydrogen-bond acceptors (Lipinski definition) is 7. The normalized spacial score (nSPS) is 12.6. The van der Waals surface area contributed by atoms with Crippen molar-refractivity contribution in [3.63, 3.8) is 0 Å². The molecule has 0 radical (unpaired) electrons. The minimum absolute atomic E-state index is 0.0199. The Morgan fingerprint density at radius 1 is 0.880 bits per heavy atom. The molecule has 0 atom stereocenters. The number of alkyl halides is 3. The minimum atomic E-state index is -4.71. The van der Waals surface area contributed by atoms with Gasteiger partial charge >= 0.3 is 6.18 Å². The Kier molecular flexibility index (Phi) is 16.1. The highest BCUT2D eigenvalue weighted by Gasteiger charge is 2.39. The fourth-order valence-electron chi connectivity index (χ4n) is 4.54. The van der Waals surface area contributed by atoms with Gasteiger partial charge in [0.15, 0.2) is 17.9 Å². The van der Waals surface area contributed by atoms with Crippen LogP contribution in [0.5, 0.6) is 5.75 Å². The summed E-state index contributed by atoms with van der Waals surface area (Å²) in [5.41, 5.74) is 1.49. The zero-order valence-electron chi connectivity index (χ0n) is 30.5. The summed E-state index contributed by atoms with van der Waals surface area (Å²) in [4.78, 5) is 4.26. The van der Waals surface area contributed by atoms with Gasteiger partial charge in [-0.2, -0.15) is 29.0 Å². The summed E-state index contributed by atoms with van der Waals surface area (Å²) < 4.78 is 50.4. The van der Waals surface area contributed by atoms with E-state index in [0.717, 1.165) is 65.5 Å². The Balaban J connectivity index is 2.50. The number of unbranched alkanes of at least 4 members (excludes halogenated alkanes) is 2. The summed E-state index contributed by atoms with van der Waals surface area (Å²) in [5, 5.41) is 28.5. The maximum absolute atomic E-state index is 12.9. The van der Waals surface area contributed by atoms with Crippen LogP contribution < -0.4 is 9.33 Å². The Hall–Kier alpha value is -4.24. The highest BCUT2D eigenvalue weighted by Crippen LogP contribution is 2.40. The van der Waals surface area contributed by atoms with E-state index in [9.17, 15) is 29.0 Å². The molecule has 0 aliphatic carbocycles. The fraction of sp³-hybridized carbons (Fsp3) is 0.462. The van der Waals surface area contributed by atoms with Gasteiger partial charge in [0, 0.05) is 40.2 Å². The lowest BCUT2D eigenvalue weighted by Gasteiger charge is -2.37. The van der Waals surface area contributed by atoms with Gasteiger partial charge < -0.3 is 14.1 Å². The average molecular weight is 723 g/mol. The van der Waals surface area contributed by atoms with Crippen LogP contribution in [-0.4, -0.2) is 34.2 Å². The fourth-order valence-corrected chi connectivity index (χ4v) is 6.39. The van der Waals surface area contributed by atoms with Gasteiger partial charge in [-0.25, -0.2) is 0 Å². The minimum Gasteiger partial charge on any atom is -0.543 e. The standard InChI is InChI=1S/C39H49F3N4O2SSi/c1-9-12-22-46(23-13-10-2)32-17-14-30(36(24-32)48-50(7,8)38(4,5)6)16-19-34-21-20-33(49-34)18-15-29(11-3)35(27-45)37(31(25-43)26-44)47-28-39(40,41)42/h14-21,24H,9-13,22-23,28H2,1-8H3/b18-15+,19-16+,35-29+. The lowest BCUT2D eigenvalue weighted by molar-refractivity contribution is -0.164. The number of rotatable bonds is 17. The molecule has 0 saturated carbocycles. The molecule has 0 spiro atoms. The number of nitriles is 3. The lowest BCUT2D eigenvalue weighted by atomic mass is 10.0. The first kappa shape index (κ1) is 41.9. The van der Waals surface area contributed by atoms with Crippen molar-refractivity contribution < 1.29 is 22.3 Å². The number of allylic oxidation sites excluding steroid dienone is 4. The molecule has 2 aromatic rings. The number of ether oxygens (including phenoxy) is 1. The molecule has 0 unspecified atom stereocenters. The molecule has 1 heterocycles. The number of nitrogens with zero attached hydrogens (tertiary/aromatic N) is 4. The molecule has 0 aliphatic rings. The quantitative estimate of drug-likeness (QED) is 0.0698. The van der Waals surface area contributed by atoms with E-state index in [1.807, 2.05) is 24.3 Å². The van der Waals surface area contributed by atoms with E-state index in [4.69, 9.17) is 9.16 Å². The van der Waals surface area contributed by atoms with Crippen LogP contribution >= 0.6 is 11.3 Å². The van der Waals surface area contributed by atoms with Crippen LogP contribution in [0.1, 0.15) is 89.0 Å². The molecular weight excluding hydrogens is 674 g/mol. The molecule has 1 aromatic heterocycles. The maximum Gasteiger partial charge on any atom is 0.422 e. The topological polar surface area (TPSA) is 93.1 Å². The predicted molar refractivity (Wildman–Crippen MR) is 202 cm³/mol. The van der Waals surface area contributed by atoms with Crippen LogP contribution in [0.4, 0.5) is 18.9 Å². The van der Waals surface area contributed by atoms with Crippen molar-refractivity contribution in [2.75, 3.05) is 24.6 Å². The van der Waals surface area contributed by atoms with E-state index in [-0.39, 0.29) is 17.0 Å². The Morgan fingerprint density at radius 2 is 1.48 bits per heavy atom. The number of anilines is 1. The maximum atomic E-state index is 12.9. The highest BCUT2D eigenvalue weighted by molar-refractivity contribution is 7.13. The van der Waals surface area contributed by atoms with Gasteiger partial charge in [-0.1, -0.05) is 60.5 Å². The molecule has 1 aromatic carbocycles. The molecular formula is C39H49F3N4O2SSi. The van der Waals surface area contributed by atoms with Crippen LogP contribution in [0.2, 0.25) is 18.1 Å².